The molecule has 3 saturated carbocycles. The number of esters is 1. The van der Waals surface area contributed by atoms with Crippen molar-refractivity contribution in [3.8, 4) is 0 Å². The summed E-state index contributed by atoms with van der Waals surface area (Å²) in [6.45, 7) is 13.6. The number of aliphatic hydroxyl groups is 4. The van der Waals surface area contributed by atoms with Crippen LogP contribution in [0.1, 0.15) is 125 Å². The summed E-state index contributed by atoms with van der Waals surface area (Å²) in [6.07, 6.45) is 1.42. The first kappa shape index (κ1) is 56.3. The summed E-state index contributed by atoms with van der Waals surface area (Å²) in [5.41, 5.74) is 0.0358. The quantitative estimate of drug-likeness (QED) is 0.0883. The minimum absolute atomic E-state index is 0.0413. The minimum Gasteiger partial charge on any atom is -0.458 e. The van der Waals surface area contributed by atoms with E-state index in [0.29, 0.717) is 44.9 Å². The first-order chi connectivity index (χ1) is 35.3. The number of aliphatic hydroxyl groups excluding tert-OH is 3. The molecule has 4 aliphatic heterocycles. The van der Waals surface area contributed by atoms with Gasteiger partial charge in [-0.05, 0) is 114 Å². The summed E-state index contributed by atoms with van der Waals surface area (Å²) in [7, 11) is 4.85. The Morgan fingerprint density at radius 1 is 0.703 bits per heavy atom. The Labute approximate surface area is 437 Å². The average molecular weight is 1040 g/mol. The molecule has 17 nitrogen and oxygen atoms in total. The monoisotopic (exact) mass is 1040 g/mol. The van der Waals surface area contributed by atoms with E-state index in [1.54, 1.807) is 41.3 Å². The average Bonchev–Trinajstić information content (AvgIpc) is 3.66. The normalized spacial score (nSPS) is 48.0. The first-order valence-electron chi connectivity index (χ1n) is 27.5. The van der Waals surface area contributed by atoms with Crippen molar-refractivity contribution in [2.75, 3.05) is 21.3 Å². The van der Waals surface area contributed by atoms with E-state index in [4.69, 9.17) is 56.8 Å². The summed E-state index contributed by atoms with van der Waals surface area (Å²) in [5, 5.41) is 45.7. The third-order valence-electron chi connectivity index (χ3n) is 19.1. The van der Waals surface area contributed by atoms with Gasteiger partial charge in [-0.1, -0.05) is 55.8 Å². The van der Waals surface area contributed by atoms with Crippen LogP contribution in [-0.4, -0.2) is 170 Å². The summed E-state index contributed by atoms with van der Waals surface area (Å²) >= 11 is 0. The summed E-state index contributed by atoms with van der Waals surface area (Å²) in [6, 6.07) is 9.65. The highest BCUT2D eigenvalue weighted by Gasteiger charge is 2.71. The smallest absolute Gasteiger partial charge is 0.331 e. The zero-order chi connectivity index (χ0) is 52.9. The Kier molecular flexibility index (Phi) is 17.6. The molecular formula is C57H86O17. The second kappa shape index (κ2) is 23.1. The number of ether oxygens (including phenoxy) is 12. The lowest BCUT2D eigenvalue weighted by molar-refractivity contribution is -0.346. The van der Waals surface area contributed by atoms with Crippen molar-refractivity contribution in [3.05, 3.63) is 53.6 Å². The third-order valence-corrected chi connectivity index (χ3v) is 19.1. The second-order valence-electron chi connectivity index (χ2n) is 23.3. The molecule has 416 valence electrons. The molecule has 1 aromatic carbocycles. The highest BCUT2D eigenvalue weighted by molar-refractivity contribution is 5.87. The topological polar surface area (TPSA) is 209 Å². The van der Waals surface area contributed by atoms with E-state index in [1.165, 1.54) is 11.6 Å². The predicted octanol–water partition coefficient (Wildman–Crippen LogP) is 6.14. The predicted molar refractivity (Wildman–Crippen MR) is 269 cm³/mol. The molecule has 0 unspecified atom stereocenters. The van der Waals surface area contributed by atoms with Crippen LogP contribution in [0.25, 0.3) is 6.08 Å². The largest absolute Gasteiger partial charge is 0.458 e. The molecule has 0 amide bonds. The fraction of sp³-hybridized carbons (Fsp3) is 0.807. The molecule has 0 aromatic heterocycles. The summed E-state index contributed by atoms with van der Waals surface area (Å²) < 4.78 is 75.3. The maximum Gasteiger partial charge on any atom is 0.331 e. The number of carbonyl (C=O) groups excluding carboxylic acids is 1. The van der Waals surface area contributed by atoms with Gasteiger partial charge in [0.25, 0.3) is 0 Å². The van der Waals surface area contributed by atoms with Crippen molar-refractivity contribution in [2.24, 2.45) is 28.6 Å². The van der Waals surface area contributed by atoms with E-state index in [2.05, 4.69) is 13.0 Å². The van der Waals surface area contributed by atoms with Gasteiger partial charge < -0.3 is 77.3 Å². The Morgan fingerprint density at radius 2 is 1.26 bits per heavy atom. The number of allylic oxidation sites excluding steroid dienone is 1. The Morgan fingerprint density at radius 3 is 1.85 bits per heavy atom. The van der Waals surface area contributed by atoms with Crippen LogP contribution in [0.4, 0.5) is 0 Å². The number of carbonyl (C=O) groups is 1. The van der Waals surface area contributed by atoms with Crippen LogP contribution in [0.15, 0.2) is 48.1 Å². The molecule has 0 radical (unpaired) electrons. The van der Waals surface area contributed by atoms with E-state index in [9.17, 15) is 25.2 Å². The molecule has 4 heterocycles. The SMILES string of the molecule is CO[C@H]1C[C@H](O[C@H]2CC[C@@]3(C)C(=CC[C@@H]4[C@@H]3C[C@@H](OC(=O)/C=C/c3ccccc3)[C@]3(C)[C@H]([C@H](C)O)CC[C@]43O)C2)O[C@H](C)[C@H]1O[C@H]1C[C@@H](OC)[C@H](O[C@H]2C[C@@H](O)[C@H](O[C@H]3C[C@@H](OC)[C@H](O)[C@@H](C)O3)[C@@H](C)O2)[C@@H](C)O1. The van der Waals surface area contributed by atoms with Crippen LogP contribution in [0.3, 0.4) is 0 Å². The van der Waals surface area contributed by atoms with Crippen molar-refractivity contribution in [2.45, 2.75) is 241 Å². The second-order valence-corrected chi connectivity index (χ2v) is 23.3. The van der Waals surface area contributed by atoms with Gasteiger partial charge in [0.1, 0.15) is 30.5 Å². The van der Waals surface area contributed by atoms with Gasteiger partial charge in [0.2, 0.25) is 0 Å². The molecule has 4 saturated heterocycles. The standard InChI is InChI=1S/C57H86O17/c1-30(58)38-21-23-57(62)39-18-17-36-24-37(20-22-55(36,6)40(39)25-45(56(38,57)7)71-46(60)19-16-35-14-12-11-13-15-35)70-48-28-43(64-9)54(33(4)68-48)74-50-29-44(65-10)53(34(5)69-50)73-47-26-41(59)52(32(3)67-47)72-49-27-42(63-8)51(61)31(2)66-49/h11-17,19,30-34,37-45,47-54,58-59,61-62H,18,20-29H2,1-10H3/b19-16+/t30-,31+,32+,33+,34+,37-,38-,39+,40-,41+,42+,43-,44+,45+,47-,48-,49-,50-,51+,52+,53+,54+,55-,56-,57-/m0/s1. The lowest BCUT2D eigenvalue weighted by Gasteiger charge is -2.63. The highest BCUT2D eigenvalue weighted by atomic mass is 16.8. The molecule has 9 rings (SSSR count). The van der Waals surface area contributed by atoms with Gasteiger partial charge in [0.05, 0.1) is 66.6 Å². The van der Waals surface area contributed by atoms with Crippen LogP contribution < -0.4 is 0 Å². The highest BCUT2D eigenvalue weighted by Crippen LogP contribution is 2.69. The van der Waals surface area contributed by atoms with Crippen LogP contribution in [0.2, 0.25) is 0 Å². The molecular weight excluding hydrogens is 957 g/mol. The van der Waals surface area contributed by atoms with Crippen LogP contribution in [-0.2, 0) is 61.6 Å². The summed E-state index contributed by atoms with van der Waals surface area (Å²) in [4.78, 5) is 13.6. The van der Waals surface area contributed by atoms with Gasteiger partial charge in [-0.2, -0.15) is 0 Å². The van der Waals surface area contributed by atoms with Gasteiger partial charge in [0, 0.05) is 58.5 Å². The lowest BCUT2D eigenvalue weighted by Crippen LogP contribution is -2.67. The van der Waals surface area contributed by atoms with Crippen molar-refractivity contribution in [1.82, 2.24) is 0 Å². The molecule has 1 aromatic rings. The molecule has 4 N–H and O–H groups in total. The number of fused-ring (bicyclic) bond motifs is 5. The summed E-state index contributed by atoms with van der Waals surface area (Å²) in [5.74, 6) is -0.632. The molecule has 7 fully saturated rings. The van der Waals surface area contributed by atoms with Crippen LogP contribution in [0.5, 0.6) is 0 Å². The number of hydrogen-bond donors (Lipinski definition) is 4. The molecule has 8 aliphatic rings. The fourth-order valence-electron chi connectivity index (χ4n) is 15.0. The van der Waals surface area contributed by atoms with Gasteiger partial charge in [0.15, 0.2) is 25.2 Å². The fourth-order valence-corrected chi connectivity index (χ4v) is 15.0. The van der Waals surface area contributed by atoms with Crippen molar-refractivity contribution < 1.29 is 82.1 Å². The zero-order valence-corrected chi connectivity index (χ0v) is 45.2. The number of benzene rings is 1. The maximum atomic E-state index is 13.6. The Balaban J connectivity index is 0.787. The first-order valence-corrected chi connectivity index (χ1v) is 27.5. The Hall–Kier alpha value is -2.43. The van der Waals surface area contributed by atoms with Crippen LogP contribution in [0, 0.1) is 28.6 Å². The van der Waals surface area contributed by atoms with Gasteiger partial charge in [-0.15, -0.1) is 0 Å². The van der Waals surface area contributed by atoms with Gasteiger partial charge in [-0.25, -0.2) is 4.79 Å². The van der Waals surface area contributed by atoms with E-state index in [0.717, 1.165) is 24.8 Å². The molecule has 0 bridgehead atoms. The third kappa shape index (κ3) is 11.0. The Bertz CT molecular complexity index is 2080. The lowest BCUT2D eigenvalue weighted by atomic mass is 9.44. The van der Waals surface area contributed by atoms with E-state index in [1.807, 2.05) is 58.0 Å². The minimum atomic E-state index is -1.12. The molecule has 25 atom stereocenters. The van der Waals surface area contributed by atoms with Crippen molar-refractivity contribution >= 4 is 12.0 Å². The van der Waals surface area contributed by atoms with Crippen LogP contribution >= 0.6 is 0 Å². The molecule has 0 spiro atoms. The van der Waals surface area contributed by atoms with Gasteiger partial charge in [-0.3, -0.25) is 0 Å². The number of methoxy groups -OCH3 is 3. The van der Waals surface area contributed by atoms with E-state index < -0.39 is 121 Å². The molecule has 74 heavy (non-hydrogen) atoms. The molecule has 4 aliphatic carbocycles. The maximum absolute atomic E-state index is 13.6. The number of rotatable bonds is 15. The number of hydrogen-bond acceptors (Lipinski definition) is 17. The van der Waals surface area contributed by atoms with Crippen molar-refractivity contribution in [3.63, 3.8) is 0 Å². The van der Waals surface area contributed by atoms with E-state index >= 15 is 0 Å². The van der Waals surface area contributed by atoms with Crippen molar-refractivity contribution in [1.29, 1.82) is 0 Å². The zero-order valence-electron chi connectivity index (χ0n) is 45.2. The van der Waals surface area contributed by atoms with E-state index in [-0.39, 0.29) is 41.8 Å². The van der Waals surface area contributed by atoms with Gasteiger partial charge >= 0.3 is 5.97 Å². The molecule has 17 heteroatoms.